The van der Waals surface area contributed by atoms with Crippen LogP contribution in [0.25, 0.3) is 0 Å². The summed E-state index contributed by atoms with van der Waals surface area (Å²) < 4.78 is 5.86. The number of benzene rings is 1. The van der Waals surface area contributed by atoms with E-state index in [2.05, 4.69) is 44.1 Å². The van der Waals surface area contributed by atoms with E-state index >= 15 is 0 Å². The molecule has 1 aromatic carbocycles. The van der Waals surface area contributed by atoms with Crippen molar-refractivity contribution < 1.29 is 4.74 Å². The molecule has 0 aromatic heterocycles. The van der Waals surface area contributed by atoms with E-state index < -0.39 is 0 Å². The summed E-state index contributed by atoms with van der Waals surface area (Å²) in [5.74, 6) is 0.983. The van der Waals surface area contributed by atoms with Gasteiger partial charge in [0.05, 0.1) is 6.61 Å². The number of hydrogen-bond acceptors (Lipinski definition) is 3. The van der Waals surface area contributed by atoms with Gasteiger partial charge < -0.3 is 15.4 Å². The van der Waals surface area contributed by atoms with Crippen LogP contribution in [0.1, 0.15) is 24.5 Å². The first kappa shape index (κ1) is 15.0. The largest absolute Gasteiger partial charge is 0.493 e. The van der Waals surface area contributed by atoms with E-state index in [0.717, 1.165) is 31.7 Å². The molecule has 0 saturated carbocycles. The van der Waals surface area contributed by atoms with Crippen molar-refractivity contribution >= 4 is 0 Å². The second-order valence-corrected chi connectivity index (χ2v) is 5.30. The molecule has 0 heterocycles. The molecule has 1 rings (SSSR count). The van der Waals surface area contributed by atoms with E-state index in [1.165, 1.54) is 11.1 Å². The zero-order chi connectivity index (χ0) is 13.5. The molecule has 18 heavy (non-hydrogen) atoms. The molecule has 102 valence electrons. The lowest BCUT2D eigenvalue weighted by atomic mass is 10.0. The summed E-state index contributed by atoms with van der Waals surface area (Å²) in [7, 11) is 4.15. The topological polar surface area (TPSA) is 38.5 Å². The fraction of sp³-hybridized carbons (Fsp3) is 0.600. The fourth-order valence-corrected chi connectivity index (χ4v) is 1.92. The van der Waals surface area contributed by atoms with Crippen LogP contribution in [-0.4, -0.2) is 38.2 Å². The third-order valence-corrected chi connectivity index (χ3v) is 2.77. The van der Waals surface area contributed by atoms with Crippen LogP contribution in [0, 0.1) is 6.92 Å². The highest BCUT2D eigenvalue weighted by Gasteiger charge is 2.06. The fourth-order valence-electron chi connectivity index (χ4n) is 1.92. The number of ether oxygens (including phenoxy) is 1. The summed E-state index contributed by atoms with van der Waals surface area (Å²) in [4.78, 5) is 2.17. The van der Waals surface area contributed by atoms with Crippen molar-refractivity contribution in [1.29, 1.82) is 0 Å². The molecule has 3 heteroatoms. The molecule has 0 aliphatic heterocycles. The highest BCUT2D eigenvalue weighted by Crippen LogP contribution is 2.21. The number of hydrogen-bond donors (Lipinski definition) is 1. The highest BCUT2D eigenvalue weighted by molar-refractivity contribution is 5.37. The third kappa shape index (κ3) is 5.52. The van der Waals surface area contributed by atoms with Gasteiger partial charge in [0.25, 0.3) is 0 Å². The lowest BCUT2D eigenvalue weighted by Gasteiger charge is -2.15. The molecule has 0 radical (unpaired) electrons. The first-order valence-corrected chi connectivity index (χ1v) is 6.61. The molecular weight excluding hydrogens is 224 g/mol. The first-order valence-electron chi connectivity index (χ1n) is 6.61. The van der Waals surface area contributed by atoms with Crippen LogP contribution in [0.4, 0.5) is 0 Å². The molecule has 3 nitrogen and oxygen atoms in total. The minimum absolute atomic E-state index is 0.163. The van der Waals surface area contributed by atoms with Gasteiger partial charge in [-0.25, -0.2) is 0 Å². The zero-order valence-corrected chi connectivity index (χ0v) is 12.1. The van der Waals surface area contributed by atoms with Crippen molar-refractivity contribution in [3.05, 3.63) is 29.3 Å². The zero-order valence-electron chi connectivity index (χ0n) is 12.1. The molecule has 0 amide bonds. The Morgan fingerprint density at radius 1 is 1.33 bits per heavy atom. The van der Waals surface area contributed by atoms with Gasteiger partial charge in [-0.1, -0.05) is 17.7 Å². The molecule has 1 unspecified atom stereocenters. The quantitative estimate of drug-likeness (QED) is 0.754. The maximum atomic E-state index is 5.88. The summed E-state index contributed by atoms with van der Waals surface area (Å²) in [6.07, 6.45) is 1.91. The van der Waals surface area contributed by atoms with E-state index in [1.807, 2.05) is 6.92 Å². The second-order valence-electron chi connectivity index (χ2n) is 5.30. The Labute approximate surface area is 111 Å². The van der Waals surface area contributed by atoms with Crippen molar-refractivity contribution in [2.24, 2.45) is 5.73 Å². The van der Waals surface area contributed by atoms with Gasteiger partial charge >= 0.3 is 0 Å². The molecule has 0 spiro atoms. The third-order valence-electron chi connectivity index (χ3n) is 2.77. The molecule has 0 aliphatic rings. The van der Waals surface area contributed by atoms with E-state index in [-0.39, 0.29) is 6.04 Å². The van der Waals surface area contributed by atoms with E-state index in [0.29, 0.717) is 0 Å². The maximum Gasteiger partial charge on any atom is 0.122 e. The Hall–Kier alpha value is -1.06. The van der Waals surface area contributed by atoms with Gasteiger partial charge in [0.2, 0.25) is 0 Å². The van der Waals surface area contributed by atoms with Gasteiger partial charge in [-0.05, 0) is 52.4 Å². The van der Waals surface area contributed by atoms with Crippen LogP contribution >= 0.6 is 0 Å². The minimum Gasteiger partial charge on any atom is -0.493 e. The number of aryl methyl sites for hydroxylation is 1. The van der Waals surface area contributed by atoms with Crippen LogP contribution in [0.2, 0.25) is 0 Å². The lowest BCUT2D eigenvalue weighted by molar-refractivity contribution is 0.279. The summed E-state index contributed by atoms with van der Waals surface area (Å²) in [5.41, 5.74) is 8.35. The molecule has 1 atom stereocenters. The highest BCUT2D eigenvalue weighted by atomic mass is 16.5. The average molecular weight is 250 g/mol. The predicted molar refractivity (Wildman–Crippen MR) is 77.2 cm³/mol. The number of rotatable bonds is 7. The van der Waals surface area contributed by atoms with E-state index in [1.54, 1.807) is 0 Å². The van der Waals surface area contributed by atoms with Gasteiger partial charge in [0.15, 0.2) is 0 Å². The van der Waals surface area contributed by atoms with E-state index in [4.69, 9.17) is 10.5 Å². The van der Waals surface area contributed by atoms with Crippen molar-refractivity contribution in [3.63, 3.8) is 0 Å². The molecule has 2 N–H and O–H groups in total. The van der Waals surface area contributed by atoms with Gasteiger partial charge in [-0.15, -0.1) is 0 Å². The van der Waals surface area contributed by atoms with Gasteiger partial charge in [0, 0.05) is 12.6 Å². The van der Waals surface area contributed by atoms with Crippen LogP contribution in [-0.2, 0) is 6.42 Å². The minimum atomic E-state index is 0.163. The Bertz CT molecular complexity index is 362. The standard InChI is InChI=1S/C15H26N2O/c1-12-6-7-15(14(10-12)11-13(2)16)18-9-5-8-17(3)4/h6-7,10,13H,5,8-9,11,16H2,1-4H3. The second kappa shape index (κ2) is 7.39. The lowest BCUT2D eigenvalue weighted by Crippen LogP contribution is -2.19. The van der Waals surface area contributed by atoms with Crippen molar-refractivity contribution in [2.75, 3.05) is 27.2 Å². The number of nitrogens with zero attached hydrogens (tertiary/aromatic N) is 1. The molecule has 0 saturated heterocycles. The molecule has 0 bridgehead atoms. The van der Waals surface area contributed by atoms with Crippen molar-refractivity contribution in [3.8, 4) is 5.75 Å². The molecule has 1 aromatic rings. The number of nitrogens with two attached hydrogens (primary N) is 1. The summed E-state index contributed by atoms with van der Waals surface area (Å²) in [6, 6.07) is 6.48. The van der Waals surface area contributed by atoms with Crippen LogP contribution in [0.15, 0.2) is 18.2 Å². The van der Waals surface area contributed by atoms with Crippen LogP contribution < -0.4 is 10.5 Å². The average Bonchev–Trinajstić information content (AvgIpc) is 2.25. The Morgan fingerprint density at radius 3 is 2.67 bits per heavy atom. The van der Waals surface area contributed by atoms with Gasteiger partial charge in [-0.3, -0.25) is 0 Å². The smallest absolute Gasteiger partial charge is 0.122 e. The summed E-state index contributed by atoms with van der Waals surface area (Å²) >= 11 is 0. The summed E-state index contributed by atoms with van der Waals surface area (Å²) in [5, 5.41) is 0. The first-order chi connectivity index (χ1) is 8.49. The Kier molecular flexibility index (Phi) is 6.16. The predicted octanol–water partition coefficient (Wildman–Crippen LogP) is 2.22. The maximum absolute atomic E-state index is 5.88. The monoisotopic (exact) mass is 250 g/mol. The van der Waals surface area contributed by atoms with E-state index in [9.17, 15) is 0 Å². The van der Waals surface area contributed by atoms with Gasteiger partial charge in [-0.2, -0.15) is 0 Å². The molecule has 0 fully saturated rings. The molecular formula is C15H26N2O. The SMILES string of the molecule is Cc1ccc(OCCCN(C)C)c(CC(C)N)c1. The van der Waals surface area contributed by atoms with Crippen LogP contribution in [0.3, 0.4) is 0 Å². The normalized spacial score (nSPS) is 12.8. The molecule has 0 aliphatic carbocycles. The Balaban J connectivity index is 2.57. The van der Waals surface area contributed by atoms with Crippen molar-refractivity contribution in [1.82, 2.24) is 4.90 Å². The Morgan fingerprint density at radius 2 is 2.06 bits per heavy atom. The van der Waals surface area contributed by atoms with Crippen molar-refractivity contribution in [2.45, 2.75) is 32.7 Å². The van der Waals surface area contributed by atoms with Gasteiger partial charge in [0.1, 0.15) is 5.75 Å². The summed E-state index contributed by atoms with van der Waals surface area (Å²) in [6.45, 7) is 5.93. The van der Waals surface area contributed by atoms with Crippen LogP contribution in [0.5, 0.6) is 5.75 Å².